The lowest BCUT2D eigenvalue weighted by molar-refractivity contribution is -0.137. The van der Waals surface area contributed by atoms with Crippen LogP contribution in [0.15, 0.2) is 42.5 Å². The predicted octanol–water partition coefficient (Wildman–Crippen LogP) is 4.15. The largest absolute Gasteiger partial charge is 0.416 e. The lowest BCUT2D eigenvalue weighted by atomic mass is 10.0. The lowest BCUT2D eigenvalue weighted by Crippen LogP contribution is -2.16. The van der Waals surface area contributed by atoms with Gasteiger partial charge in [0.1, 0.15) is 22.9 Å². The number of halogens is 4. The van der Waals surface area contributed by atoms with Crippen LogP contribution in [0.25, 0.3) is 11.3 Å². The van der Waals surface area contributed by atoms with Crippen LogP contribution in [0.3, 0.4) is 0 Å². The minimum Gasteiger partial charge on any atom is -0.383 e. The molecule has 5 N–H and O–H groups in total. The van der Waals surface area contributed by atoms with E-state index in [1.807, 2.05) is 0 Å². The van der Waals surface area contributed by atoms with E-state index in [9.17, 15) is 27.2 Å². The van der Waals surface area contributed by atoms with Gasteiger partial charge >= 0.3 is 6.18 Å². The molecule has 0 fully saturated rings. The van der Waals surface area contributed by atoms with Crippen LogP contribution in [-0.4, -0.2) is 21.6 Å². The second-order valence-corrected chi connectivity index (χ2v) is 7.62. The van der Waals surface area contributed by atoms with Crippen LogP contribution >= 0.6 is 0 Å². The summed E-state index contributed by atoms with van der Waals surface area (Å²) in [4.78, 5) is 24.1. The summed E-state index contributed by atoms with van der Waals surface area (Å²) >= 11 is 0. The van der Waals surface area contributed by atoms with Crippen LogP contribution in [-0.2, 0) is 17.4 Å². The molecule has 0 saturated carbocycles. The molecule has 1 heterocycles. The third-order valence-electron chi connectivity index (χ3n) is 4.83. The molecular weight excluding hydrogens is 442 g/mol. The van der Waals surface area contributed by atoms with Gasteiger partial charge in [0, 0.05) is 17.3 Å². The molecule has 0 aliphatic carbocycles. The quantitative estimate of drug-likeness (QED) is 0.476. The number of nitrogens with zero attached hydrogens (tertiary/aromatic N) is 2. The number of nitrogens with one attached hydrogen (secondary N) is 1. The Hall–Kier alpha value is -3.89. The zero-order chi connectivity index (χ0) is 24.5. The molecule has 7 nitrogen and oxygen atoms in total. The second-order valence-electron chi connectivity index (χ2n) is 7.62. The molecule has 2 amide bonds. The number of hydrogen-bond acceptors (Lipinski definition) is 4. The maximum atomic E-state index is 14.7. The fourth-order valence-corrected chi connectivity index (χ4v) is 3.28. The molecule has 0 atom stereocenters. The molecule has 0 unspecified atom stereocenters. The highest BCUT2D eigenvalue weighted by molar-refractivity contribution is 6.03. The monoisotopic (exact) mass is 463 g/mol. The Kier molecular flexibility index (Phi) is 6.43. The maximum Gasteiger partial charge on any atom is 0.416 e. The molecular formula is C22H21F4N5O2. The SMILES string of the molecule is CC(C)n1nc(-c2ccc(CC(=O)Nc3cccc(C(F)(F)F)c3)c(F)c2)c(C(N)=O)c1N. The molecule has 0 aliphatic heterocycles. The van der Waals surface area contributed by atoms with Gasteiger partial charge < -0.3 is 16.8 Å². The molecule has 0 bridgehead atoms. The Morgan fingerprint density at radius 1 is 1.15 bits per heavy atom. The van der Waals surface area contributed by atoms with Crippen LogP contribution in [0.4, 0.5) is 29.1 Å². The van der Waals surface area contributed by atoms with Crippen LogP contribution in [0.2, 0.25) is 0 Å². The second kappa shape index (κ2) is 8.93. The highest BCUT2D eigenvalue weighted by Gasteiger charge is 2.30. The number of carbonyl (C=O) groups is 2. The molecule has 33 heavy (non-hydrogen) atoms. The Labute approximate surface area is 186 Å². The van der Waals surface area contributed by atoms with E-state index in [1.54, 1.807) is 13.8 Å². The van der Waals surface area contributed by atoms with Gasteiger partial charge in [0.25, 0.3) is 5.91 Å². The van der Waals surface area contributed by atoms with Crippen molar-refractivity contribution < 1.29 is 27.2 Å². The zero-order valence-corrected chi connectivity index (χ0v) is 17.7. The van der Waals surface area contributed by atoms with Gasteiger partial charge in [-0.15, -0.1) is 0 Å². The Bertz CT molecular complexity index is 1220. The number of carbonyl (C=O) groups excluding carboxylic acids is 2. The van der Waals surface area contributed by atoms with Gasteiger partial charge in [0.2, 0.25) is 5.91 Å². The van der Waals surface area contributed by atoms with E-state index in [-0.39, 0.29) is 39.9 Å². The van der Waals surface area contributed by atoms with E-state index in [0.717, 1.165) is 24.3 Å². The number of benzene rings is 2. The number of amides is 2. The van der Waals surface area contributed by atoms with E-state index in [4.69, 9.17) is 11.5 Å². The minimum atomic E-state index is -4.56. The number of primary amides is 1. The molecule has 3 rings (SSSR count). The molecule has 3 aromatic rings. The number of aromatic nitrogens is 2. The van der Waals surface area contributed by atoms with Crippen LogP contribution in [0, 0.1) is 5.82 Å². The van der Waals surface area contributed by atoms with Crippen LogP contribution < -0.4 is 16.8 Å². The first-order chi connectivity index (χ1) is 15.4. The molecule has 0 aliphatic rings. The Balaban J connectivity index is 1.83. The first-order valence-corrected chi connectivity index (χ1v) is 9.82. The van der Waals surface area contributed by atoms with E-state index in [0.29, 0.717) is 0 Å². The van der Waals surface area contributed by atoms with E-state index < -0.39 is 35.8 Å². The summed E-state index contributed by atoms with van der Waals surface area (Å²) in [6, 6.07) is 7.81. The average molecular weight is 463 g/mol. The van der Waals surface area contributed by atoms with Crippen molar-refractivity contribution in [1.82, 2.24) is 9.78 Å². The van der Waals surface area contributed by atoms with Gasteiger partial charge in [-0.1, -0.05) is 18.2 Å². The number of rotatable bonds is 6. The topological polar surface area (TPSA) is 116 Å². The highest BCUT2D eigenvalue weighted by atomic mass is 19.4. The number of nitrogens with two attached hydrogens (primary N) is 2. The van der Waals surface area contributed by atoms with Gasteiger partial charge in [-0.25, -0.2) is 9.07 Å². The average Bonchev–Trinajstić information content (AvgIpc) is 3.06. The summed E-state index contributed by atoms with van der Waals surface area (Å²) in [5, 5.41) is 6.59. The molecule has 0 radical (unpaired) electrons. The van der Waals surface area contributed by atoms with E-state index in [2.05, 4.69) is 10.4 Å². The minimum absolute atomic E-state index is 0.000107. The van der Waals surface area contributed by atoms with Crippen LogP contribution in [0.1, 0.15) is 41.4 Å². The van der Waals surface area contributed by atoms with Crippen molar-refractivity contribution in [2.24, 2.45) is 5.73 Å². The smallest absolute Gasteiger partial charge is 0.383 e. The van der Waals surface area contributed by atoms with Crippen molar-refractivity contribution >= 4 is 23.3 Å². The number of nitrogen functional groups attached to an aromatic ring is 1. The zero-order valence-electron chi connectivity index (χ0n) is 17.7. The standard InChI is InChI=1S/C22H21F4N5O2/c1-11(2)31-20(27)18(21(28)33)19(30-31)13-7-6-12(16(23)8-13)9-17(32)29-15-5-3-4-14(10-15)22(24,25)26/h3-8,10-11H,9,27H2,1-2H3,(H2,28,33)(H,29,32). The van der Waals surface area contributed by atoms with Crippen molar-refractivity contribution in [2.45, 2.75) is 32.5 Å². The molecule has 174 valence electrons. The van der Waals surface area contributed by atoms with E-state index >= 15 is 0 Å². The first kappa shape index (κ1) is 23.8. The van der Waals surface area contributed by atoms with Gasteiger partial charge in [0.05, 0.1) is 12.0 Å². The Morgan fingerprint density at radius 2 is 1.85 bits per heavy atom. The van der Waals surface area contributed by atoms with E-state index in [1.165, 1.54) is 22.9 Å². The lowest BCUT2D eigenvalue weighted by Gasteiger charge is -2.10. The van der Waals surface area contributed by atoms with Crippen LogP contribution in [0.5, 0.6) is 0 Å². The summed E-state index contributed by atoms with van der Waals surface area (Å²) in [7, 11) is 0. The molecule has 11 heteroatoms. The highest BCUT2D eigenvalue weighted by Crippen LogP contribution is 2.31. The molecule has 1 aromatic heterocycles. The van der Waals surface area contributed by atoms with Crippen molar-refractivity contribution in [2.75, 3.05) is 11.1 Å². The third kappa shape index (κ3) is 5.13. The van der Waals surface area contributed by atoms with Crippen molar-refractivity contribution in [1.29, 1.82) is 0 Å². The van der Waals surface area contributed by atoms with Crippen molar-refractivity contribution in [3.63, 3.8) is 0 Å². The number of hydrogen-bond donors (Lipinski definition) is 3. The summed E-state index contributed by atoms with van der Waals surface area (Å²) in [5.74, 6) is -2.23. The summed E-state index contributed by atoms with van der Waals surface area (Å²) in [5.41, 5.74) is 10.7. The van der Waals surface area contributed by atoms with Gasteiger partial charge in [-0.05, 0) is 43.7 Å². The molecule has 2 aromatic carbocycles. The summed E-state index contributed by atoms with van der Waals surface area (Å²) in [6.07, 6.45) is -4.98. The number of alkyl halides is 3. The van der Waals surface area contributed by atoms with Gasteiger partial charge in [-0.2, -0.15) is 18.3 Å². The number of anilines is 2. The van der Waals surface area contributed by atoms with Crippen molar-refractivity contribution in [3.8, 4) is 11.3 Å². The normalized spacial score (nSPS) is 11.6. The van der Waals surface area contributed by atoms with Gasteiger partial charge in [0.15, 0.2) is 0 Å². The predicted molar refractivity (Wildman–Crippen MR) is 115 cm³/mol. The fourth-order valence-electron chi connectivity index (χ4n) is 3.28. The van der Waals surface area contributed by atoms with Gasteiger partial charge in [-0.3, -0.25) is 9.59 Å². The fraction of sp³-hybridized carbons (Fsp3) is 0.227. The molecule has 0 spiro atoms. The summed E-state index contributed by atoms with van der Waals surface area (Å²) in [6.45, 7) is 3.59. The Morgan fingerprint density at radius 3 is 2.42 bits per heavy atom. The summed E-state index contributed by atoms with van der Waals surface area (Å²) < 4.78 is 54.6. The third-order valence-corrected chi connectivity index (χ3v) is 4.83. The first-order valence-electron chi connectivity index (χ1n) is 9.82. The molecule has 0 saturated heterocycles. The maximum absolute atomic E-state index is 14.7. The van der Waals surface area contributed by atoms with Crippen molar-refractivity contribution in [3.05, 3.63) is 65.0 Å².